The summed E-state index contributed by atoms with van der Waals surface area (Å²) >= 11 is 0. The molecule has 1 amide bonds. The lowest BCUT2D eigenvalue weighted by molar-refractivity contribution is -0.131. The maximum atomic E-state index is 12.2. The van der Waals surface area contributed by atoms with Gasteiger partial charge in [-0.05, 0) is 12.8 Å². The van der Waals surface area contributed by atoms with E-state index in [2.05, 4.69) is 15.3 Å². The molecule has 0 aromatic carbocycles. The molecule has 2 rings (SSSR count). The van der Waals surface area contributed by atoms with Gasteiger partial charge in [0.25, 0.3) is 0 Å². The highest BCUT2D eigenvalue weighted by Gasteiger charge is 2.40. The number of aliphatic hydroxyl groups excluding tert-OH is 1. The minimum absolute atomic E-state index is 0.199. The fraction of sp³-hybridized carbons (Fsp3) is 0.714. The van der Waals surface area contributed by atoms with Crippen LogP contribution < -0.4 is 11.1 Å². The van der Waals surface area contributed by atoms with Crippen molar-refractivity contribution in [3.8, 4) is 0 Å². The van der Waals surface area contributed by atoms with Gasteiger partial charge in [-0.25, -0.2) is 4.98 Å². The van der Waals surface area contributed by atoms with Crippen LogP contribution in [-0.2, 0) is 11.2 Å². The number of nitrogens with zero attached hydrogens (tertiary/aromatic N) is 1. The van der Waals surface area contributed by atoms with Crippen molar-refractivity contribution in [1.82, 2.24) is 15.3 Å². The van der Waals surface area contributed by atoms with Gasteiger partial charge >= 0.3 is 0 Å². The van der Waals surface area contributed by atoms with E-state index in [4.69, 9.17) is 5.73 Å². The molecule has 1 saturated carbocycles. The molecule has 1 aliphatic carbocycles. The summed E-state index contributed by atoms with van der Waals surface area (Å²) in [5.74, 6) is -0.419. The number of nitrogens with two attached hydrogens (primary N) is 1. The van der Waals surface area contributed by atoms with Crippen molar-refractivity contribution in [3.05, 3.63) is 18.2 Å². The smallest absolute Gasteiger partial charge is 0.240 e. The van der Waals surface area contributed by atoms with Crippen LogP contribution in [0.1, 0.15) is 37.8 Å². The normalized spacial score (nSPS) is 20.7. The van der Waals surface area contributed by atoms with Crippen molar-refractivity contribution in [1.29, 1.82) is 0 Å². The number of imidazole rings is 1. The predicted molar refractivity (Wildman–Crippen MR) is 77.3 cm³/mol. The maximum absolute atomic E-state index is 12.2. The Hall–Kier alpha value is -1.44. The molecule has 0 aliphatic heterocycles. The van der Waals surface area contributed by atoms with Gasteiger partial charge in [0.1, 0.15) is 6.04 Å². The van der Waals surface area contributed by atoms with Gasteiger partial charge in [0.15, 0.2) is 0 Å². The third-order valence-corrected chi connectivity index (χ3v) is 4.17. The zero-order valence-corrected chi connectivity index (χ0v) is 12.1. The van der Waals surface area contributed by atoms with Gasteiger partial charge in [-0.15, -0.1) is 0 Å². The summed E-state index contributed by atoms with van der Waals surface area (Å²) < 4.78 is 0. The lowest BCUT2D eigenvalue weighted by atomic mass is 9.79. The Kier molecular flexibility index (Phi) is 5.33. The second kappa shape index (κ2) is 7.02. The second-order valence-electron chi connectivity index (χ2n) is 5.81. The number of aromatic amines is 1. The summed E-state index contributed by atoms with van der Waals surface area (Å²) in [5.41, 5.74) is 5.63. The molecule has 1 fully saturated rings. The first-order valence-corrected chi connectivity index (χ1v) is 7.41. The van der Waals surface area contributed by atoms with Gasteiger partial charge in [0.05, 0.1) is 24.6 Å². The van der Waals surface area contributed by atoms with E-state index in [0.717, 1.165) is 25.0 Å². The van der Waals surface area contributed by atoms with Crippen molar-refractivity contribution < 1.29 is 15.0 Å². The van der Waals surface area contributed by atoms with Gasteiger partial charge in [-0.1, -0.05) is 19.3 Å². The fourth-order valence-electron chi connectivity index (χ4n) is 2.83. The molecule has 7 heteroatoms. The molecular formula is C14H24N4O3. The van der Waals surface area contributed by atoms with Crippen molar-refractivity contribution in [3.63, 3.8) is 0 Å². The predicted octanol–water partition coefficient (Wildman–Crippen LogP) is -0.548. The number of carbonyl (C=O) groups is 1. The maximum Gasteiger partial charge on any atom is 0.240 e. The molecule has 0 saturated heterocycles. The monoisotopic (exact) mass is 296 g/mol. The third kappa shape index (κ3) is 4.03. The summed E-state index contributed by atoms with van der Waals surface area (Å²) in [6.07, 6.45) is 7.55. The van der Waals surface area contributed by atoms with Gasteiger partial charge in [-0.2, -0.15) is 0 Å². The highest BCUT2D eigenvalue weighted by atomic mass is 16.3. The van der Waals surface area contributed by atoms with E-state index >= 15 is 0 Å². The first-order chi connectivity index (χ1) is 10.0. The van der Waals surface area contributed by atoms with Crippen molar-refractivity contribution in [2.45, 2.75) is 56.2 Å². The molecule has 2 atom stereocenters. The van der Waals surface area contributed by atoms with E-state index in [-0.39, 0.29) is 6.61 Å². The van der Waals surface area contributed by atoms with Crippen LogP contribution in [0.4, 0.5) is 0 Å². The Morgan fingerprint density at radius 1 is 1.48 bits per heavy atom. The van der Waals surface area contributed by atoms with E-state index in [1.54, 1.807) is 12.5 Å². The number of nitrogens with one attached hydrogen (secondary N) is 2. The lowest BCUT2D eigenvalue weighted by Gasteiger charge is -2.36. The minimum Gasteiger partial charge on any atom is -0.394 e. The highest BCUT2D eigenvalue weighted by Crippen LogP contribution is 2.30. The van der Waals surface area contributed by atoms with E-state index in [1.807, 2.05) is 0 Å². The van der Waals surface area contributed by atoms with Crippen molar-refractivity contribution in [2.75, 3.05) is 6.61 Å². The third-order valence-electron chi connectivity index (χ3n) is 4.17. The molecular weight excluding hydrogens is 272 g/mol. The summed E-state index contributed by atoms with van der Waals surface area (Å²) in [4.78, 5) is 19.0. The Bertz CT molecular complexity index is 443. The first-order valence-electron chi connectivity index (χ1n) is 7.41. The minimum atomic E-state index is -1.13. The van der Waals surface area contributed by atoms with E-state index in [9.17, 15) is 15.0 Å². The molecule has 1 unspecified atom stereocenters. The zero-order chi connectivity index (χ0) is 15.3. The quantitative estimate of drug-likeness (QED) is 0.482. The van der Waals surface area contributed by atoms with Gasteiger partial charge in [0.2, 0.25) is 5.91 Å². The number of carbonyl (C=O) groups excluding carboxylic acids is 1. The highest BCUT2D eigenvalue weighted by molar-refractivity contribution is 5.83. The topological polar surface area (TPSA) is 124 Å². The van der Waals surface area contributed by atoms with Crippen molar-refractivity contribution in [2.24, 2.45) is 5.73 Å². The number of H-pyrrole nitrogens is 1. The Morgan fingerprint density at radius 2 is 2.19 bits per heavy atom. The molecule has 6 N–H and O–H groups in total. The van der Waals surface area contributed by atoms with Gasteiger partial charge in [-0.3, -0.25) is 4.79 Å². The van der Waals surface area contributed by atoms with Crippen LogP contribution in [0.15, 0.2) is 12.5 Å². The number of hydrogen-bond acceptors (Lipinski definition) is 5. The second-order valence-corrected chi connectivity index (χ2v) is 5.81. The Labute approximate surface area is 124 Å². The number of hydrogen-bond donors (Lipinski definition) is 5. The van der Waals surface area contributed by atoms with Crippen LogP contribution in [0.5, 0.6) is 0 Å². The van der Waals surface area contributed by atoms with E-state index in [0.29, 0.717) is 19.3 Å². The van der Waals surface area contributed by atoms with Crippen LogP contribution >= 0.6 is 0 Å². The number of aromatic nitrogens is 2. The average molecular weight is 296 g/mol. The summed E-state index contributed by atoms with van der Waals surface area (Å²) in [7, 11) is 0. The van der Waals surface area contributed by atoms with Crippen LogP contribution in [0.2, 0.25) is 0 Å². The molecule has 1 aromatic rings. The average Bonchev–Trinajstić information content (AvgIpc) is 2.99. The molecule has 1 aliphatic rings. The van der Waals surface area contributed by atoms with Gasteiger partial charge < -0.3 is 26.2 Å². The lowest BCUT2D eigenvalue weighted by Crippen LogP contribution is -2.59. The summed E-state index contributed by atoms with van der Waals surface area (Å²) in [5, 5.41) is 22.6. The molecule has 118 valence electrons. The van der Waals surface area contributed by atoms with Crippen molar-refractivity contribution >= 4 is 5.91 Å². The molecule has 0 spiro atoms. The molecule has 0 bridgehead atoms. The fourth-order valence-corrected chi connectivity index (χ4v) is 2.83. The summed E-state index contributed by atoms with van der Waals surface area (Å²) in [6, 6.07) is -1.41. The molecule has 7 nitrogen and oxygen atoms in total. The Morgan fingerprint density at radius 3 is 2.76 bits per heavy atom. The van der Waals surface area contributed by atoms with Crippen LogP contribution in [0.25, 0.3) is 0 Å². The van der Waals surface area contributed by atoms with E-state index < -0.39 is 23.6 Å². The number of rotatable bonds is 6. The van der Waals surface area contributed by atoms with Crippen LogP contribution in [-0.4, -0.2) is 50.4 Å². The standard InChI is InChI=1S/C14H24N4O3/c15-12(14(21)4-2-1-3-5-14)13(20)18-11(8-19)6-10-7-16-9-17-10/h7,9,11-12,19,21H,1-6,8,15H2,(H,16,17)(H,18,20)/t11-,12?/m0/s1. The largest absolute Gasteiger partial charge is 0.394 e. The van der Waals surface area contributed by atoms with Crippen LogP contribution in [0.3, 0.4) is 0 Å². The first kappa shape index (κ1) is 15.9. The Balaban J connectivity index is 1.92. The molecule has 1 heterocycles. The molecule has 0 radical (unpaired) electrons. The van der Waals surface area contributed by atoms with E-state index in [1.165, 1.54) is 0 Å². The molecule has 1 aromatic heterocycles. The van der Waals surface area contributed by atoms with Gasteiger partial charge in [0, 0.05) is 18.3 Å². The molecule has 21 heavy (non-hydrogen) atoms. The zero-order valence-electron chi connectivity index (χ0n) is 12.1. The number of aliphatic hydroxyl groups is 2. The van der Waals surface area contributed by atoms with Crippen LogP contribution in [0, 0.1) is 0 Å². The summed E-state index contributed by atoms with van der Waals surface area (Å²) in [6.45, 7) is -0.199. The SMILES string of the molecule is NC(C(=O)N[C@H](CO)Cc1cnc[nH]1)C1(O)CCCCC1. The number of amides is 1.